The van der Waals surface area contributed by atoms with Crippen LogP contribution in [0.25, 0.3) is 11.0 Å². The number of fused-ring (bicyclic) bond motifs is 1. The molecule has 0 atom stereocenters. The zero-order valence-corrected chi connectivity index (χ0v) is 10.7. The van der Waals surface area contributed by atoms with Crippen LogP contribution in [-0.4, -0.2) is 9.97 Å². The second-order valence-electron chi connectivity index (χ2n) is 4.00. The van der Waals surface area contributed by atoms with Crippen molar-refractivity contribution >= 4 is 22.6 Å². The van der Waals surface area contributed by atoms with E-state index in [9.17, 15) is 8.78 Å². The molecule has 0 radical (unpaired) electrons. The molecule has 2 heterocycles. The number of hydrogen-bond donors (Lipinski definition) is 0. The van der Waals surface area contributed by atoms with Gasteiger partial charge in [-0.1, -0.05) is 11.6 Å². The van der Waals surface area contributed by atoms with Gasteiger partial charge in [0.1, 0.15) is 11.0 Å². The number of halogens is 3. The normalized spacial score (nSPS) is 10.8. The summed E-state index contributed by atoms with van der Waals surface area (Å²) < 4.78 is 31.6. The number of hydrogen-bond acceptors (Lipinski definition) is 3. The summed E-state index contributed by atoms with van der Waals surface area (Å²) in [4.78, 5) is 8.25. The first-order valence-corrected chi connectivity index (χ1v) is 6.06. The Balaban J connectivity index is 1.96. The molecule has 3 rings (SSSR count). The predicted molar refractivity (Wildman–Crippen MR) is 71.0 cm³/mol. The summed E-state index contributed by atoms with van der Waals surface area (Å²) in [6.45, 7) is 0. The molecule has 3 aromatic rings. The van der Waals surface area contributed by atoms with Crippen LogP contribution < -0.4 is 4.74 Å². The third-order valence-corrected chi connectivity index (χ3v) is 2.80. The van der Waals surface area contributed by atoms with Gasteiger partial charge in [0.15, 0.2) is 11.6 Å². The van der Waals surface area contributed by atoms with E-state index in [2.05, 4.69) is 9.97 Å². The van der Waals surface area contributed by atoms with Crippen LogP contribution in [0, 0.1) is 11.6 Å². The first kappa shape index (κ1) is 12.7. The van der Waals surface area contributed by atoms with E-state index >= 15 is 0 Å². The van der Waals surface area contributed by atoms with Crippen LogP contribution >= 0.6 is 11.6 Å². The average molecular weight is 293 g/mol. The van der Waals surface area contributed by atoms with Gasteiger partial charge in [0.25, 0.3) is 0 Å². The summed E-state index contributed by atoms with van der Waals surface area (Å²) in [7, 11) is 0. The summed E-state index contributed by atoms with van der Waals surface area (Å²) in [6, 6.07) is 9.53. The van der Waals surface area contributed by atoms with Crippen LogP contribution in [-0.2, 0) is 0 Å². The van der Waals surface area contributed by atoms with Gasteiger partial charge in [-0.25, -0.2) is 18.7 Å². The summed E-state index contributed by atoms with van der Waals surface area (Å²) in [5.74, 6) is -1.37. The minimum atomic E-state index is -0.791. The van der Waals surface area contributed by atoms with Crippen molar-refractivity contribution in [3.8, 4) is 11.6 Å². The zero-order valence-electron chi connectivity index (χ0n) is 9.98. The van der Waals surface area contributed by atoms with Gasteiger partial charge in [0.2, 0.25) is 5.88 Å². The van der Waals surface area contributed by atoms with Gasteiger partial charge in [0, 0.05) is 12.1 Å². The molecule has 1 aromatic carbocycles. The molecular formula is C14H7ClF2N2O. The second-order valence-corrected chi connectivity index (χ2v) is 4.39. The lowest BCUT2D eigenvalue weighted by Crippen LogP contribution is -1.93. The molecule has 0 saturated heterocycles. The lowest BCUT2D eigenvalue weighted by molar-refractivity contribution is 0.425. The molecule has 0 amide bonds. The Morgan fingerprint density at radius 1 is 0.900 bits per heavy atom. The number of benzene rings is 1. The standard InChI is InChI=1S/C14H7ClF2N2O/c15-13-5-2-11-10(18-13)3-6-14(19-11)20-12-4-1-8(16)7-9(12)17/h1-7H. The van der Waals surface area contributed by atoms with Crippen LogP contribution in [0.15, 0.2) is 42.5 Å². The van der Waals surface area contributed by atoms with E-state index in [1.54, 1.807) is 18.2 Å². The van der Waals surface area contributed by atoms with Gasteiger partial charge in [-0.2, -0.15) is 0 Å². The first-order valence-electron chi connectivity index (χ1n) is 5.68. The monoisotopic (exact) mass is 292 g/mol. The van der Waals surface area contributed by atoms with E-state index in [1.165, 1.54) is 12.1 Å². The molecule has 0 aliphatic rings. The van der Waals surface area contributed by atoms with Crippen molar-refractivity contribution in [1.82, 2.24) is 9.97 Å². The van der Waals surface area contributed by atoms with Crippen molar-refractivity contribution < 1.29 is 13.5 Å². The molecule has 2 aromatic heterocycles. The van der Waals surface area contributed by atoms with E-state index in [0.29, 0.717) is 16.2 Å². The van der Waals surface area contributed by atoms with Gasteiger partial charge in [-0.3, -0.25) is 0 Å². The summed E-state index contributed by atoms with van der Waals surface area (Å²) >= 11 is 5.77. The maximum absolute atomic E-state index is 13.5. The number of rotatable bonds is 2. The Bertz CT molecular complexity index is 795. The topological polar surface area (TPSA) is 35.0 Å². The smallest absolute Gasteiger partial charge is 0.220 e. The summed E-state index contributed by atoms with van der Waals surface area (Å²) in [5, 5.41) is 0.359. The molecule has 3 nitrogen and oxygen atoms in total. The van der Waals surface area contributed by atoms with Crippen LogP contribution in [0.3, 0.4) is 0 Å². The van der Waals surface area contributed by atoms with E-state index in [4.69, 9.17) is 16.3 Å². The van der Waals surface area contributed by atoms with Crippen LogP contribution in [0.2, 0.25) is 5.15 Å². The SMILES string of the molecule is Fc1ccc(Oc2ccc3nc(Cl)ccc3n2)c(F)c1. The predicted octanol–water partition coefficient (Wildman–Crippen LogP) is 4.35. The molecule has 0 bridgehead atoms. The third-order valence-electron chi connectivity index (χ3n) is 2.59. The highest BCUT2D eigenvalue weighted by molar-refractivity contribution is 6.29. The van der Waals surface area contributed by atoms with Gasteiger partial charge >= 0.3 is 0 Å². The van der Waals surface area contributed by atoms with E-state index in [1.807, 2.05) is 0 Å². The fourth-order valence-corrected chi connectivity index (χ4v) is 1.85. The highest BCUT2D eigenvalue weighted by Gasteiger charge is 2.08. The maximum Gasteiger partial charge on any atom is 0.220 e. The molecule has 0 aliphatic heterocycles. The zero-order chi connectivity index (χ0) is 14.1. The molecule has 20 heavy (non-hydrogen) atoms. The van der Waals surface area contributed by atoms with Crippen molar-refractivity contribution in [1.29, 1.82) is 0 Å². The van der Waals surface area contributed by atoms with Crippen molar-refractivity contribution in [2.24, 2.45) is 0 Å². The molecule has 0 spiro atoms. The minimum Gasteiger partial charge on any atom is -0.436 e. The molecule has 0 saturated carbocycles. The van der Waals surface area contributed by atoms with Crippen LogP contribution in [0.5, 0.6) is 11.6 Å². The molecule has 6 heteroatoms. The molecule has 0 aliphatic carbocycles. The van der Waals surface area contributed by atoms with Crippen LogP contribution in [0.1, 0.15) is 0 Å². The summed E-state index contributed by atoms with van der Waals surface area (Å²) in [5.41, 5.74) is 1.17. The molecule has 0 N–H and O–H groups in total. The van der Waals surface area contributed by atoms with Crippen molar-refractivity contribution in [2.75, 3.05) is 0 Å². The Kier molecular flexibility index (Phi) is 3.20. The molecule has 0 unspecified atom stereocenters. The minimum absolute atomic E-state index is 0.0971. The van der Waals surface area contributed by atoms with Gasteiger partial charge in [0.05, 0.1) is 11.0 Å². The highest BCUT2D eigenvalue weighted by Crippen LogP contribution is 2.25. The second kappa shape index (κ2) is 5.02. The van der Waals surface area contributed by atoms with Gasteiger partial charge in [-0.05, 0) is 30.3 Å². The quantitative estimate of drug-likeness (QED) is 0.659. The largest absolute Gasteiger partial charge is 0.436 e. The van der Waals surface area contributed by atoms with Crippen molar-refractivity contribution in [3.05, 3.63) is 59.3 Å². The summed E-state index contributed by atoms with van der Waals surface area (Å²) in [6.07, 6.45) is 0. The highest BCUT2D eigenvalue weighted by atomic mass is 35.5. The maximum atomic E-state index is 13.5. The number of nitrogens with zero attached hydrogens (tertiary/aromatic N) is 2. The third kappa shape index (κ3) is 2.53. The Labute approximate surface area is 117 Å². The first-order chi connectivity index (χ1) is 9.61. The lowest BCUT2D eigenvalue weighted by atomic mass is 10.3. The fraction of sp³-hybridized carbons (Fsp3) is 0. The van der Waals surface area contributed by atoms with E-state index in [-0.39, 0.29) is 11.6 Å². The molecule has 100 valence electrons. The number of pyridine rings is 2. The average Bonchev–Trinajstić information content (AvgIpc) is 2.42. The van der Waals surface area contributed by atoms with E-state index < -0.39 is 11.6 Å². The Hall–Kier alpha value is -2.27. The number of ether oxygens (including phenoxy) is 1. The fourth-order valence-electron chi connectivity index (χ4n) is 1.69. The van der Waals surface area contributed by atoms with Gasteiger partial charge < -0.3 is 4.74 Å². The Morgan fingerprint density at radius 2 is 1.65 bits per heavy atom. The van der Waals surface area contributed by atoms with Crippen LogP contribution in [0.4, 0.5) is 8.78 Å². The molecule has 0 fully saturated rings. The molecular weight excluding hydrogens is 286 g/mol. The van der Waals surface area contributed by atoms with Gasteiger partial charge in [-0.15, -0.1) is 0 Å². The number of aromatic nitrogens is 2. The van der Waals surface area contributed by atoms with Crippen molar-refractivity contribution in [3.63, 3.8) is 0 Å². The lowest BCUT2D eigenvalue weighted by Gasteiger charge is -2.06. The van der Waals surface area contributed by atoms with E-state index in [0.717, 1.165) is 12.1 Å². The van der Waals surface area contributed by atoms with Crippen molar-refractivity contribution in [2.45, 2.75) is 0 Å². The Morgan fingerprint density at radius 3 is 2.45 bits per heavy atom.